The lowest BCUT2D eigenvalue weighted by Gasteiger charge is -2.03. The summed E-state index contributed by atoms with van der Waals surface area (Å²) in [5.41, 5.74) is 3.48. The Bertz CT molecular complexity index is 765. The molecule has 2 N–H and O–H groups in total. The maximum atomic E-state index is 9.63. The van der Waals surface area contributed by atoms with Gasteiger partial charge in [-0.2, -0.15) is 10.2 Å². The summed E-state index contributed by atoms with van der Waals surface area (Å²) < 4.78 is 0. The van der Waals surface area contributed by atoms with Crippen molar-refractivity contribution in [3.8, 4) is 5.75 Å². The quantitative estimate of drug-likeness (QED) is 0.563. The minimum atomic E-state index is 0.182. The fourth-order valence-corrected chi connectivity index (χ4v) is 1.87. The third-order valence-electron chi connectivity index (χ3n) is 2.88. The molecule has 0 saturated heterocycles. The molecule has 0 atom stereocenters. The standard InChI is InChI=1S/C15H12N4O/c20-14-8-4-2-6-12(14)10-17-19-15-13-7-3-1-5-11(13)9-16-18-15/h1-10,20H,(H,18,19)/b17-10-. The third-order valence-corrected chi connectivity index (χ3v) is 2.88. The van der Waals surface area contributed by atoms with E-state index in [2.05, 4.69) is 20.7 Å². The zero-order valence-electron chi connectivity index (χ0n) is 10.6. The summed E-state index contributed by atoms with van der Waals surface area (Å²) in [6.07, 6.45) is 3.24. The molecule has 0 radical (unpaired) electrons. The van der Waals surface area contributed by atoms with Crippen LogP contribution in [0.1, 0.15) is 5.56 Å². The molecular formula is C15H12N4O. The van der Waals surface area contributed by atoms with Gasteiger partial charge in [0, 0.05) is 16.3 Å². The molecule has 0 fully saturated rings. The number of benzene rings is 2. The van der Waals surface area contributed by atoms with Crippen molar-refractivity contribution < 1.29 is 5.11 Å². The van der Waals surface area contributed by atoms with E-state index in [4.69, 9.17) is 0 Å². The van der Waals surface area contributed by atoms with E-state index < -0.39 is 0 Å². The minimum absolute atomic E-state index is 0.182. The van der Waals surface area contributed by atoms with Crippen LogP contribution in [-0.2, 0) is 0 Å². The lowest BCUT2D eigenvalue weighted by molar-refractivity contribution is 0.474. The Labute approximate surface area is 115 Å². The molecule has 0 aliphatic rings. The number of hydrogen-bond acceptors (Lipinski definition) is 5. The monoisotopic (exact) mass is 264 g/mol. The number of anilines is 1. The molecule has 0 aliphatic heterocycles. The second kappa shape index (κ2) is 5.36. The molecule has 1 aromatic heterocycles. The van der Waals surface area contributed by atoms with Crippen LogP contribution in [0, 0.1) is 0 Å². The van der Waals surface area contributed by atoms with Gasteiger partial charge in [-0.1, -0.05) is 36.4 Å². The highest BCUT2D eigenvalue weighted by molar-refractivity contribution is 5.91. The molecule has 20 heavy (non-hydrogen) atoms. The van der Waals surface area contributed by atoms with Gasteiger partial charge in [-0.05, 0) is 12.1 Å². The van der Waals surface area contributed by atoms with E-state index >= 15 is 0 Å². The van der Waals surface area contributed by atoms with Crippen LogP contribution >= 0.6 is 0 Å². The number of hydrogen-bond donors (Lipinski definition) is 2. The van der Waals surface area contributed by atoms with Crippen LogP contribution in [0.3, 0.4) is 0 Å². The first-order valence-electron chi connectivity index (χ1n) is 6.12. The van der Waals surface area contributed by atoms with E-state index in [1.54, 1.807) is 30.6 Å². The van der Waals surface area contributed by atoms with Gasteiger partial charge in [0.05, 0.1) is 12.4 Å². The van der Waals surface area contributed by atoms with Gasteiger partial charge in [0.1, 0.15) is 5.75 Å². The van der Waals surface area contributed by atoms with E-state index in [-0.39, 0.29) is 5.75 Å². The molecule has 5 nitrogen and oxygen atoms in total. The first-order valence-corrected chi connectivity index (χ1v) is 6.12. The van der Waals surface area contributed by atoms with Crippen molar-refractivity contribution in [2.45, 2.75) is 0 Å². The van der Waals surface area contributed by atoms with E-state index in [1.807, 2.05) is 30.3 Å². The number of nitrogens with zero attached hydrogens (tertiary/aromatic N) is 3. The van der Waals surface area contributed by atoms with Gasteiger partial charge in [0.15, 0.2) is 5.82 Å². The van der Waals surface area contributed by atoms with Crippen LogP contribution in [0.25, 0.3) is 10.8 Å². The molecule has 0 spiro atoms. The number of phenolic OH excluding ortho intramolecular Hbond substituents is 1. The topological polar surface area (TPSA) is 70.4 Å². The van der Waals surface area contributed by atoms with Gasteiger partial charge < -0.3 is 5.11 Å². The Morgan fingerprint density at radius 1 is 1.05 bits per heavy atom. The smallest absolute Gasteiger partial charge is 0.176 e. The summed E-state index contributed by atoms with van der Waals surface area (Å²) in [5, 5.41) is 23.6. The number of fused-ring (bicyclic) bond motifs is 1. The first kappa shape index (κ1) is 12.1. The molecular weight excluding hydrogens is 252 g/mol. The van der Waals surface area contributed by atoms with Gasteiger partial charge >= 0.3 is 0 Å². The van der Waals surface area contributed by atoms with Gasteiger partial charge in [0.2, 0.25) is 0 Å². The lowest BCUT2D eigenvalue weighted by Crippen LogP contribution is -1.96. The van der Waals surface area contributed by atoms with Crippen molar-refractivity contribution in [1.82, 2.24) is 10.2 Å². The SMILES string of the molecule is Oc1ccccc1/C=N\Nc1nncc2ccccc12. The molecule has 1 heterocycles. The van der Waals surface area contributed by atoms with Gasteiger partial charge in [-0.3, -0.25) is 5.43 Å². The van der Waals surface area contributed by atoms with Crippen molar-refractivity contribution in [3.05, 3.63) is 60.3 Å². The van der Waals surface area contributed by atoms with Gasteiger partial charge in [0.25, 0.3) is 0 Å². The summed E-state index contributed by atoms with van der Waals surface area (Å²) in [4.78, 5) is 0. The molecule has 0 aliphatic carbocycles. The minimum Gasteiger partial charge on any atom is -0.507 e. The Balaban J connectivity index is 1.86. The van der Waals surface area contributed by atoms with E-state index in [9.17, 15) is 5.11 Å². The van der Waals surface area contributed by atoms with Crippen LogP contribution in [0.2, 0.25) is 0 Å². The highest BCUT2D eigenvalue weighted by Crippen LogP contribution is 2.19. The van der Waals surface area contributed by atoms with E-state index in [0.29, 0.717) is 11.4 Å². The van der Waals surface area contributed by atoms with Crippen molar-refractivity contribution in [2.75, 3.05) is 5.43 Å². The maximum Gasteiger partial charge on any atom is 0.176 e. The summed E-state index contributed by atoms with van der Waals surface area (Å²) in [7, 11) is 0. The fourth-order valence-electron chi connectivity index (χ4n) is 1.87. The maximum absolute atomic E-state index is 9.63. The molecule has 0 amide bonds. The largest absolute Gasteiger partial charge is 0.507 e. The van der Waals surface area contributed by atoms with Crippen LogP contribution in [0.4, 0.5) is 5.82 Å². The molecule has 5 heteroatoms. The fraction of sp³-hybridized carbons (Fsp3) is 0. The number of nitrogens with one attached hydrogen (secondary N) is 1. The molecule has 98 valence electrons. The van der Waals surface area contributed by atoms with Crippen molar-refractivity contribution in [2.24, 2.45) is 5.10 Å². The zero-order chi connectivity index (χ0) is 13.8. The Hall–Kier alpha value is -2.95. The van der Waals surface area contributed by atoms with E-state index in [1.165, 1.54) is 0 Å². The van der Waals surface area contributed by atoms with Crippen molar-refractivity contribution in [1.29, 1.82) is 0 Å². The average Bonchev–Trinajstić information content (AvgIpc) is 2.49. The molecule has 3 rings (SSSR count). The van der Waals surface area contributed by atoms with Crippen LogP contribution in [-0.4, -0.2) is 21.5 Å². The molecule has 3 aromatic rings. The number of aromatic hydroxyl groups is 1. The number of para-hydroxylation sites is 1. The number of aromatic nitrogens is 2. The predicted octanol–water partition coefficient (Wildman–Crippen LogP) is 2.78. The number of hydrazone groups is 1. The zero-order valence-corrected chi connectivity index (χ0v) is 10.6. The van der Waals surface area contributed by atoms with Crippen LogP contribution in [0.5, 0.6) is 5.75 Å². The van der Waals surface area contributed by atoms with Crippen molar-refractivity contribution in [3.63, 3.8) is 0 Å². The second-order valence-electron chi connectivity index (χ2n) is 4.21. The molecule has 2 aromatic carbocycles. The molecule has 0 unspecified atom stereocenters. The normalized spacial score (nSPS) is 11.0. The Morgan fingerprint density at radius 3 is 2.75 bits per heavy atom. The van der Waals surface area contributed by atoms with Crippen molar-refractivity contribution >= 4 is 22.8 Å². The second-order valence-corrected chi connectivity index (χ2v) is 4.21. The first-order chi connectivity index (χ1) is 9.84. The summed E-state index contributed by atoms with van der Waals surface area (Å²) >= 11 is 0. The summed E-state index contributed by atoms with van der Waals surface area (Å²) in [6.45, 7) is 0. The Kier molecular flexibility index (Phi) is 3.24. The number of rotatable bonds is 3. The Morgan fingerprint density at radius 2 is 1.85 bits per heavy atom. The highest BCUT2D eigenvalue weighted by atomic mass is 16.3. The predicted molar refractivity (Wildman–Crippen MR) is 78.9 cm³/mol. The number of phenols is 1. The van der Waals surface area contributed by atoms with E-state index in [0.717, 1.165) is 10.8 Å². The van der Waals surface area contributed by atoms with Gasteiger partial charge in [-0.25, -0.2) is 0 Å². The third kappa shape index (κ3) is 2.42. The van der Waals surface area contributed by atoms with Gasteiger partial charge in [-0.15, -0.1) is 5.10 Å². The van der Waals surface area contributed by atoms with Crippen LogP contribution in [0.15, 0.2) is 59.8 Å². The summed E-state index contributed by atoms with van der Waals surface area (Å²) in [5.74, 6) is 0.761. The highest BCUT2D eigenvalue weighted by Gasteiger charge is 2.01. The summed E-state index contributed by atoms with van der Waals surface area (Å²) in [6, 6.07) is 14.8. The van der Waals surface area contributed by atoms with Crippen LogP contribution < -0.4 is 5.43 Å². The molecule has 0 bridgehead atoms. The lowest BCUT2D eigenvalue weighted by atomic mass is 10.2. The molecule has 0 saturated carbocycles. The average molecular weight is 264 g/mol.